The molecular formula is C30H33ClFN7O2. The highest BCUT2D eigenvalue weighted by molar-refractivity contribution is 6.30. The molecule has 2 aromatic carbocycles. The van der Waals surface area contributed by atoms with Gasteiger partial charge in [-0.1, -0.05) is 23.7 Å². The third-order valence-corrected chi connectivity index (χ3v) is 7.14. The number of benzene rings is 2. The molecule has 41 heavy (non-hydrogen) atoms. The number of hydrogen-bond donors (Lipinski definition) is 3. The molecule has 1 saturated carbocycles. The quantitative estimate of drug-likeness (QED) is 0.138. The van der Waals surface area contributed by atoms with E-state index in [1.807, 2.05) is 36.6 Å². The third-order valence-electron chi connectivity index (χ3n) is 6.91. The van der Waals surface area contributed by atoms with Crippen molar-refractivity contribution in [3.05, 3.63) is 76.8 Å². The van der Waals surface area contributed by atoms with Gasteiger partial charge in [-0.3, -0.25) is 15.2 Å². The highest BCUT2D eigenvalue weighted by Crippen LogP contribution is 2.36. The minimum atomic E-state index is -0.356. The van der Waals surface area contributed by atoms with E-state index in [2.05, 4.69) is 20.3 Å². The Morgan fingerprint density at radius 1 is 1.29 bits per heavy atom. The molecule has 0 spiro atoms. The lowest BCUT2D eigenvalue weighted by atomic mass is 9.90. The Balaban J connectivity index is 0.000000296. The lowest BCUT2D eigenvalue weighted by Gasteiger charge is -2.31. The predicted octanol–water partition coefficient (Wildman–Crippen LogP) is 5.83. The van der Waals surface area contributed by atoms with Crippen LogP contribution in [0, 0.1) is 18.2 Å². The predicted molar refractivity (Wildman–Crippen MR) is 160 cm³/mol. The topological polar surface area (TPSA) is 131 Å². The Bertz CT molecular complexity index is 1560. The van der Waals surface area contributed by atoms with Crippen molar-refractivity contribution in [1.82, 2.24) is 19.9 Å². The van der Waals surface area contributed by atoms with Crippen LogP contribution in [-0.2, 0) is 4.79 Å². The number of amides is 1. The van der Waals surface area contributed by atoms with Gasteiger partial charge in [0.25, 0.3) is 0 Å². The summed E-state index contributed by atoms with van der Waals surface area (Å²) in [4.78, 5) is 23.7. The highest BCUT2D eigenvalue weighted by atomic mass is 35.5. The number of nitrogens with one attached hydrogen (secondary N) is 2. The van der Waals surface area contributed by atoms with E-state index in [1.165, 1.54) is 6.07 Å². The van der Waals surface area contributed by atoms with Gasteiger partial charge in [-0.25, -0.2) is 14.4 Å². The Morgan fingerprint density at radius 3 is 2.80 bits per heavy atom. The molecule has 0 saturated heterocycles. The summed E-state index contributed by atoms with van der Waals surface area (Å²) >= 11 is 5.76. The molecule has 2 atom stereocenters. The minimum Gasteiger partial charge on any atom is -0.494 e. The highest BCUT2D eigenvalue weighted by Gasteiger charge is 2.28. The van der Waals surface area contributed by atoms with Crippen LogP contribution in [0.15, 0.2) is 59.7 Å². The summed E-state index contributed by atoms with van der Waals surface area (Å²) in [6.07, 6.45) is 6.61. The lowest BCUT2D eigenvalue weighted by Crippen LogP contribution is -2.34. The van der Waals surface area contributed by atoms with Gasteiger partial charge in [0.1, 0.15) is 34.9 Å². The zero-order valence-corrected chi connectivity index (χ0v) is 23.7. The molecule has 2 heterocycles. The molecule has 0 aliphatic heterocycles. The van der Waals surface area contributed by atoms with Gasteiger partial charge in [-0.2, -0.15) is 0 Å². The Morgan fingerprint density at radius 2 is 2.10 bits per heavy atom. The summed E-state index contributed by atoms with van der Waals surface area (Å²) in [5, 5.41) is 10.8. The molecule has 0 bridgehead atoms. The number of nitrogens with zero attached hydrogens (tertiary/aromatic N) is 4. The van der Waals surface area contributed by atoms with Crippen molar-refractivity contribution < 1.29 is 13.9 Å². The molecule has 1 amide bonds. The largest absolute Gasteiger partial charge is 0.494 e. The summed E-state index contributed by atoms with van der Waals surface area (Å²) < 4.78 is 22.0. The van der Waals surface area contributed by atoms with E-state index in [-0.39, 0.29) is 23.7 Å². The number of fused-ring (bicyclic) bond motifs is 1. The number of carbonyl (C=O) groups is 1. The third kappa shape index (κ3) is 7.07. The number of carbonyl (C=O) groups excluding carboxylic acids is 1. The fourth-order valence-electron chi connectivity index (χ4n) is 5.05. The van der Waals surface area contributed by atoms with E-state index in [0.29, 0.717) is 35.6 Å². The number of aromatic nitrogens is 3. The van der Waals surface area contributed by atoms with Crippen molar-refractivity contribution in [3.8, 4) is 17.1 Å². The molecule has 2 aromatic heterocycles. The number of aliphatic imine (C=N–C) groups is 1. The zero-order chi connectivity index (χ0) is 29.4. The smallest absolute Gasteiger partial charge is 0.207 e. The Kier molecular flexibility index (Phi) is 10.0. The lowest BCUT2D eigenvalue weighted by molar-refractivity contribution is -0.110. The summed E-state index contributed by atoms with van der Waals surface area (Å²) in [7, 11) is 0. The van der Waals surface area contributed by atoms with Gasteiger partial charge < -0.3 is 20.4 Å². The monoisotopic (exact) mass is 577 g/mol. The number of imidazole rings is 1. The summed E-state index contributed by atoms with van der Waals surface area (Å²) in [6, 6.07) is 14.0. The fraction of sp³-hybridized carbons (Fsp3) is 0.300. The second-order valence-corrected chi connectivity index (χ2v) is 10.1. The van der Waals surface area contributed by atoms with Gasteiger partial charge in [0.15, 0.2) is 5.84 Å². The van der Waals surface area contributed by atoms with Crippen LogP contribution in [-0.4, -0.2) is 45.8 Å². The van der Waals surface area contributed by atoms with E-state index >= 15 is 0 Å². The van der Waals surface area contributed by atoms with Crippen LogP contribution in [0.2, 0.25) is 5.02 Å². The van der Waals surface area contributed by atoms with E-state index in [4.69, 9.17) is 27.5 Å². The van der Waals surface area contributed by atoms with Gasteiger partial charge in [0.2, 0.25) is 6.41 Å². The number of hydrogen-bond acceptors (Lipinski definition) is 5. The number of aryl methyl sites for hydroxylation is 1. The van der Waals surface area contributed by atoms with Crippen LogP contribution in [0.5, 0.6) is 5.75 Å². The number of halogens is 2. The first-order chi connectivity index (χ1) is 19.9. The van der Waals surface area contributed by atoms with Crippen molar-refractivity contribution in [2.75, 3.05) is 6.61 Å². The number of ether oxygens (including phenoxy) is 1. The average Bonchev–Trinajstić information content (AvgIpc) is 3.34. The van der Waals surface area contributed by atoms with Crippen LogP contribution < -0.4 is 15.8 Å². The molecule has 1 fully saturated rings. The fourth-order valence-corrected chi connectivity index (χ4v) is 5.28. The summed E-state index contributed by atoms with van der Waals surface area (Å²) in [6.45, 7) is 4.65. The molecule has 4 N–H and O–H groups in total. The average molecular weight is 578 g/mol. The number of nitrogens with two attached hydrogens (primary N) is 1. The maximum Gasteiger partial charge on any atom is 0.207 e. The first-order valence-corrected chi connectivity index (χ1v) is 13.8. The van der Waals surface area contributed by atoms with Crippen LogP contribution in [0.4, 0.5) is 4.39 Å². The normalized spacial score (nSPS) is 16.9. The van der Waals surface area contributed by atoms with Crippen molar-refractivity contribution >= 4 is 41.2 Å². The standard InChI is InChI=1S/C21H22FN7O.C9H11ClO/c22-16-7-2-1-6-15(16)21-28-18-10-25-17(20(24)26-11-23)9-19(18)29(21)14-5-3-4-13(8-14)27-12-30;1-3-11-9-5-4-8(10)6-7(9)2/h1-2,6-7,9-14H,3-5,8H2,(H,27,30)(H3,23,24,26);4-6H,3H2,1-2H3. The maximum absolute atomic E-state index is 14.7. The second kappa shape index (κ2) is 13.8. The summed E-state index contributed by atoms with van der Waals surface area (Å²) in [5.74, 6) is 1.19. The van der Waals surface area contributed by atoms with Crippen LogP contribution >= 0.6 is 11.6 Å². The molecule has 1 aliphatic rings. The number of amidine groups is 1. The van der Waals surface area contributed by atoms with Crippen molar-refractivity contribution in [1.29, 1.82) is 5.41 Å². The van der Waals surface area contributed by atoms with Gasteiger partial charge in [-0.05, 0) is 81.5 Å². The van der Waals surface area contributed by atoms with Gasteiger partial charge >= 0.3 is 0 Å². The SMILES string of the molecule is CCOc1ccc(Cl)cc1C.N=CN=C(N)c1cc2c(cn1)nc(-c1ccccc1F)n2C1CCCC(NC=O)C1. The van der Waals surface area contributed by atoms with E-state index in [0.717, 1.165) is 53.9 Å². The number of rotatable bonds is 8. The first kappa shape index (κ1) is 29.7. The molecule has 4 aromatic rings. The maximum atomic E-state index is 14.7. The summed E-state index contributed by atoms with van der Waals surface area (Å²) in [5.41, 5.74) is 9.21. The Labute approximate surface area is 243 Å². The van der Waals surface area contributed by atoms with Gasteiger partial charge in [0.05, 0.1) is 23.9 Å². The van der Waals surface area contributed by atoms with Crippen LogP contribution in [0.3, 0.4) is 0 Å². The molecule has 9 nitrogen and oxygen atoms in total. The minimum absolute atomic E-state index is 0.0203. The molecule has 1 aliphatic carbocycles. The molecule has 5 rings (SSSR count). The zero-order valence-electron chi connectivity index (χ0n) is 23.0. The van der Waals surface area contributed by atoms with Crippen LogP contribution in [0.25, 0.3) is 22.4 Å². The van der Waals surface area contributed by atoms with E-state index in [9.17, 15) is 9.18 Å². The van der Waals surface area contributed by atoms with Crippen molar-refractivity contribution in [3.63, 3.8) is 0 Å². The number of pyridine rings is 1. The van der Waals surface area contributed by atoms with E-state index < -0.39 is 0 Å². The van der Waals surface area contributed by atoms with E-state index in [1.54, 1.807) is 30.5 Å². The molecular weight excluding hydrogens is 545 g/mol. The first-order valence-electron chi connectivity index (χ1n) is 13.4. The Hall–Kier alpha value is -4.31. The van der Waals surface area contributed by atoms with Crippen molar-refractivity contribution in [2.45, 2.75) is 51.6 Å². The van der Waals surface area contributed by atoms with Gasteiger partial charge in [0, 0.05) is 17.1 Å². The molecule has 11 heteroatoms. The molecule has 2 unspecified atom stereocenters. The second-order valence-electron chi connectivity index (χ2n) is 9.63. The molecule has 0 radical (unpaired) electrons. The van der Waals surface area contributed by atoms with Crippen LogP contribution in [0.1, 0.15) is 49.9 Å². The molecule has 214 valence electrons. The van der Waals surface area contributed by atoms with Crippen molar-refractivity contribution in [2.24, 2.45) is 10.7 Å². The van der Waals surface area contributed by atoms with Gasteiger partial charge in [-0.15, -0.1) is 0 Å².